The predicted octanol–water partition coefficient (Wildman–Crippen LogP) is 0.915. The van der Waals surface area contributed by atoms with Crippen molar-refractivity contribution in [1.29, 1.82) is 0 Å². The molecule has 0 aromatic carbocycles. The smallest absolute Gasteiger partial charge is 0.146 e. The summed E-state index contributed by atoms with van der Waals surface area (Å²) in [7, 11) is 0.800. The molecule has 1 nitrogen and oxygen atoms in total. The van der Waals surface area contributed by atoms with E-state index in [9.17, 15) is 0 Å². The number of halogens is 2. The van der Waals surface area contributed by atoms with Gasteiger partial charge in [-0.25, -0.2) is 0 Å². The summed E-state index contributed by atoms with van der Waals surface area (Å²) in [5.74, 6) is 0. The van der Waals surface area contributed by atoms with Crippen molar-refractivity contribution in [2.24, 2.45) is 0 Å². The zero-order valence-electron chi connectivity index (χ0n) is 3.95. The molecule has 0 saturated heterocycles. The van der Waals surface area contributed by atoms with E-state index in [1.807, 2.05) is 0 Å². The summed E-state index contributed by atoms with van der Waals surface area (Å²) in [4.78, 5) is 1.80. The van der Waals surface area contributed by atoms with Gasteiger partial charge >= 0.3 is 0 Å². The summed E-state index contributed by atoms with van der Waals surface area (Å²) in [5.41, 5.74) is 0. The highest BCUT2D eigenvalue weighted by Crippen LogP contribution is 2.05. The van der Waals surface area contributed by atoms with Gasteiger partial charge in [0.25, 0.3) is 0 Å². The Labute approximate surface area is 62.9 Å². The lowest BCUT2D eigenvalue weighted by Crippen LogP contribution is -1.85. The molecule has 0 atom stereocenters. The van der Waals surface area contributed by atoms with Gasteiger partial charge in [-0.1, -0.05) is 31.9 Å². The highest BCUT2D eigenvalue weighted by Gasteiger charge is 1.82. The van der Waals surface area contributed by atoms with Gasteiger partial charge in [0.2, 0.25) is 0 Å². The van der Waals surface area contributed by atoms with Crippen LogP contribution < -0.4 is 0 Å². The second kappa shape index (κ2) is 5.02. The molecule has 42 valence electrons. The van der Waals surface area contributed by atoms with Crippen LogP contribution in [0.4, 0.5) is 0 Å². The average molecular weight is 246 g/mol. The normalized spacial score (nSPS) is 12.6. The standard InChI is InChI=1S/C3H6Br2OSi/c4-1-3(5)2-6-7/h1H,2H2,7H3. The molecule has 0 N–H and O–H groups in total. The van der Waals surface area contributed by atoms with Crippen LogP contribution in [0.1, 0.15) is 0 Å². The summed E-state index contributed by atoms with van der Waals surface area (Å²) >= 11 is 6.39. The molecular formula is C3H6Br2OSi. The van der Waals surface area contributed by atoms with Crippen molar-refractivity contribution in [1.82, 2.24) is 0 Å². The molecule has 0 saturated carbocycles. The Kier molecular flexibility index (Phi) is 5.65. The maximum atomic E-state index is 4.89. The van der Waals surface area contributed by atoms with Gasteiger partial charge in [-0.2, -0.15) is 0 Å². The summed E-state index contributed by atoms with van der Waals surface area (Å²) in [6, 6.07) is 0. The Morgan fingerprint density at radius 2 is 2.43 bits per heavy atom. The summed E-state index contributed by atoms with van der Waals surface area (Å²) < 4.78 is 5.93. The van der Waals surface area contributed by atoms with E-state index in [0.717, 1.165) is 15.0 Å². The predicted molar refractivity (Wildman–Crippen MR) is 41.8 cm³/mol. The van der Waals surface area contributed by atoms with Gasteiger partial charge in [-0.3, -0.25) is 0 Å². The van der Waals surface area contributed by atoms with Crippen LogP contribution in [0.3, 0.4) is 0 Å². The van der Waals surface area contributed by atoms with Crippen LogP contribution in [-0.4, -0.2) is 17.1 Å². The number of hydrogen-bond acceptors (Lipinski definition) is 1. The second-order valence-corrected chi connectivity index (χ2v) is 3.04. The van der Waals surface area contributed by atoms with Crippen LogP contribution in [0.25, 0.3) is 0 Å². The Morgan fingerprint density at radius 1 is 1.86 bits per heavy atom. The van der Waals surface area contributed by atoms with Crippen LogP contribution in [0.15, 0.2) is 9.47 Å². The first-order chi connectivity index (χ1) is 3.31. The Bertz CT molecular complexity index is 73.3. The van der Waals surface area contributed by atoms with E-state index < -0.39 is 0 Å². The van der Waals surface area contributed by atoms with Crippen molar-refractivity contribution in [2.75, 3.05) is 6.61 Å². The molecular weight excluding hydrogens is 240 g/mol. The number of rotatable bonds is 2. The molecule has 0 aliphatic heterocycles. The Balaban J connectivity index is 3.17. The van der Waals surface area contributed by atoms with Gasteiger partial charge in [0, 0.05) is 4.48 Å². The van der Waals surface area contributed by atoms with Crippen molar-refractivity contribution >= 4 is 42.3 Å². The number of hydrogen-bond donors (Lipinski definition) is 0. The topological polar surface area (TPSA) is 9.23 Å². The zero-order valence-corrected chi connectivity index (χ0v) is 9.12. The molecule has 0 aromatic rings. The lowest BCUT2D eigenvalue weighted by Gasteiger charge is -1.91. The molecule has 4 heteroatoms. The second-order valence-electron chi connectivity index (χ2n) is 0.989. The van der Waals surface area contributed by atoms with Gasteiger partial charge in [0.1, 0.15) is 10.5 Å². The highest BCUT2D eigenvalue weighted by atomic mass is 79.9. The SMILES string of the molecule is [SiH3]OCC(Br)=CBr. The van der Waals surface area contributed by atoms with Crippen LogP contribution in [0.5, 0.6) is 0 Å². The van der Waals surface area contributed by atoms with Crippen molar-refractivity contribution in [3.05, 3.63) is 9.47 Å². The van der Waals surface area contributed by atoms with Crippen molar-refractivity contribution in [2.45, 2.75) is 0 Å². The van der Waals surface area contributed by atoms with E-state index in [1.54, 1.807) is 4.99 Å². The van der Waals surface area contributed by atoms with Gasteiger partial charge < -0.3 is 4.43 Å². The van der Waals surface area contributed by atoms with Gasteiger partial charge in [0.05, 0.1) is 6.61 Å². The van der Waals surface area contributed by atoms with Gasteiger partial charge in [0.15, 0.2) is 0 Å². The fourth-order valence-electron chi connectivity index (χ4n) is 0.169. The molecule has 0 aliphatic carbocycles. The fourth-order valence-corrected chi connectivity index (χ4v) is 1.26. The summed E-state index contributed by atoms with van der Waals surface area (Å²) in [6.07, 6.45) is 0. The molecule has 0 rings (SSSR count). The van der Waals surface area contributed by atoms with E-state index in [-0.39, 0.29) is 0 Å². The first kappa shape index (κ1) is 7.88. The summed E-state index contributed by atoms with van der Waals surface area (Å²) in [6.45, 7) is 0.692. The van der Waals surface area contributed by atoms with E-state index in [2.05, 4.69) is 31.9 Å². The van der Waals surface area contributed by atoms with E-state index in [4.69, 9.17) is 4.43 Å². The van der Waals surface area contributed by atoms with Crippen LogP contribution in [0.2, 0.25) is 0 Å². The lowest BCUT2D eigenvalue weighted by atomic mass is 10.7. The molecule has 0 fully saturated rings. The molecule has 0 unspecified atom stereocenters. The largest absolute Gasteiger partial charge is 0.423 e. The Hall–Kier alpha value is 0.877. The average Bonchev–Trinajstić information content (AvgIpc) is 1.68. The minimum absolute atomic E-state index is 0.692. The third-order valence-electron chi connectivity index (χ3n) is 0.401. The molecule has 0 radical (unpaired) electrons. The van der Waals surface area contributed by atoms with E-state index in [0.29, 0.717) is 6.61 Å². The van der Waals surface area contributed by atoms with E-state index >= 15 is 0 Å². The van der Waals surface area contributed by atoms with Crippen LogP contribution in [-0.2, 0) is 4.43 Å². The van der Waals surface area contributed by atoms with Crippen molar-refractivity contribution in [3.63, 3.8) is 0 Å². The van der Waals surface area contributed by atoms with Gasteiger partial charge in [-0.15, -0.1) is 0 Å². The molecule has 7 heavy (non-hydrogen) atoms. The van der Waals surface area contributed by atoms with Gasteiger partial charge in [-0.05, 0) is 4.99 Å². The van der Waals surface area contributed by atoms with Crippen LogP contribution in [0, 0.1) is 0 Å². The minimum Gasteiger partial charge on any atom is -0.423 e. The highest BCUT2D eigenvalue weighted by molar-refractivity contribution is 9.14. The van der Waals surface area contributed by atoms with Crippen molar-refractivity contribution in [3.8, 4) is 0 Å². The molecule has 0 amide bonds. The zero-order chi connectivity index (χ0) is 5.70. The monoisotopic (exact) mass is 244 g/mol. The molecule has 0 aromatic heterocycles. The lowest BCUT2D eigenvalue weighted by molar-refractivity contribution is 0.399. The fraction of sp³-hybridized carbons (Fsp3) is 0.333. The van der Waals surface area contributed by atoms with Crippen molar-refractivity contribution < 1.29 is 4.43 Å². The molecule has 0 spiro atoms. The van der Waals surface area contributed by atoms with E-state index in [1.165, 1.54) is 0 Å². The Morgan fingerprint density at radius 3 is 2.57 bits per heavy atom. The maximum absolute atomic E-state index is 4.89. The molecule has 0 bridgehead atoms. The first-order valence-corrected chi connectivity index (χ1v) is 4.27. The maximum Gasteiger partial charge on any atom is 0.146 e. The molecule has 0 heterocycles. The third-order valence-corrected chi connectivity index (χ3v) is 2.31. The quantitative estimate of drug-likeness (QED) is 0.658. The summed E-state index contributed by atoms with van der Waals surface area (Å²) in [5, 5.41) is 0. The minimum atomic E-state index is 0.692. The molecule has 0 aliphatic rings. The third kappa shape index (κ3) is 4.74. The van der Waals surface area contributed by atoms with Crippen LogP contribution >= 0.6 is 31.9 Å². The first-order valence-electron chi connectivity index (χ1n) is 1.75.